The fraction of sp³-hybridized carbons (Fsp3) is 0.111. The molecule has 0 amide bonds. The Balaban J connectivity index is 2.45. The van der Waals surface area contributed by atoms with Crippen LogP contribution in [-0.4, -0.2) is 30.8 Å². The predicted octanol–water partition coefficient (Wildman–Crippen LogP) is 0.251. The summed E-state index contributed by atoms with van der Waals surface area (Å²) in [5.74, 6) is -0.904. The summed E-state index contributed by atoms with van der Waals surface area (Å²) >= 11 is 0. The molecule has 2 aromatic rings. The highest BCUT2D eigenvalue weighted by Crippen LogP contribution is 2.10. The molecule has 0 aromatic carbocycles. The number of anilines is 1. The minimum absolute atomic E-state index is 0.0109. The topological polar surface area (TPSA) is 107 Å². The highest BCUT2D eigenvalue weighted by Gasteiger charge is 2.13. The Morgan fingerprint density at radius 3 is 2.56 bits per heavy atom. The van der Waals surface area contributed by atoms with Crippen LogP contribution in [0.4, 0.5) is 5.95 Å². The van der Waals surface area contributed by atoms with Gasteiger partial charge in [-0.3, -0.25) is 0 Å². The molecule has 0 saturated carbocycles. The molecular formula is C9H9N5O2. The monoisotopic (exact) mass is 219 g/mol. The molecule has 0 radical (unpaired) electrons. The molecule has 3 N–H and O–H groups in total. The van der Waals surface area contributed by atoms with Crippen molar-refractivity contribution in [2.24, 2.45) is 0 Å². The molecule has 7 heteroatoms. The van der Waals surface area contributed by atoms with Gasteiger partial charge in [0.05, 0.1) is 12.4 Å². The first-order chi connectivity index (χ1) is 7.58. The maximum atomic E-state index is 10.8. The van der Waals surface area contributed by atoms with Crippen LogP contribution in [-0.2, 0) is 0 Å². The number of hydrogen-bond acceptors (Lipinski definition) is 5. The van der Waals surface area contributed by atoms with Crippen molar-refractivity contribution in [3.05, 3.63) is 29.8 Å². The van der Waals surface area contributed by atoms with Crippen molar-refractivity contribution >= 4 is 11.9 Å². The molecule has 0 fully saturated rings. The van der Waals surface area contributed by atoms with Gasteiger partial charge < -0.3 is 10.8 Å². The molecule has 82 valence electrons. The summed E-state index contributed by atoms with van der Waals surface area (Å²) in [5, 5.41) is 12.7. The van der Waals surface area contributed by atoms with Crippen LogP contribution in [0.2, 0.25) is 0 Å². The summed E-state index contributed by atoms with van der Waals surface area (Å²) < 4.78 is 1.40. The molecule has 2 rings (SSSR count). The molecule has 0 aliphatic carbocycles. The first kappa shape index (κ1) is 10.1. The van der Waals surface area contributed by atoms with Crippen LogP contribution >= 0.6 is 0 Å². The maximum absolute atomic E-state index is 10.8. The third-order valence-corrected chi connectivity index (χ3v) is 2.02. The number of aromatic nitrogens is 4. The van der Waals surface area contributed by atoms with Crippen LogP contribution in [0.5, 0.6) is 0 Å². The Kier molecular flexibility index (Phi) is 2.28. The van der Waals surface area contributed by atoms with E-state index in [9.17, 15) is 4.79 Å². The number of carboxylic acid groups (broad SMARTS) is 1. The first-order valence-electron chi connectivity index (χ1n) is 4.45. The second-order valence-corrected chi connectivity index (χ2v) is 3.21. The molecule has 7 nitrogen and oxygen atoms in total. The fourth-order valence-electron chi connectivity index (χ4n) is 1.25. The predicted molar refractivity (Wildman–Crippen MR) is 55.3 cm³/mol. The smallest absolute Gasteiger partial charge is 0.356 e. The number of carboxylic acids is 1. The standard InChI is InChI=1S/C9H9N5O2/c1-5-4-14(13-7(5)8(15)16)6-2-11-9(10)12-3-6/h2-4H,1H3,(H,15,16)(H2,10,11,12). The summed E-state index contributed by atoms with van der Waals surface area (Å²) in [6.07, 6.45) is 4.54. The number of nitrogen functional groups attached to an aromatic ring is 1. The van der Waals surface area contributed by atoms with Gasteiger partial charge in [0, 0.05) is 11.8 Å². The van der Waals surface area contributed by atoms with E-state index in [1.54, 1.807) is 13.1 Å². The summed E-state index contributed by atoms with van der Waals surface area (Å²) in [6, 6.07) is 0. The normalized spacial score (nSPS) is 10.3. The van der Waals surface area contributed by atoms with Gasteiger partial charge in [-0.05, 0) is 6.92 Å². The van der Waals surface area contributed by atoms with E-state index < -0.39 is 5.97 Å². The quantitative estimate of drug-likeness (QED) is 0.749. The average molecular weight is 219 g/mol. The van der Waals surface area contributed by atoms with Crippen molar-refractivity contribution in [2.45, 2.75) is 6.92 Å². The summed E-state index contributed by atoms with van der Waals surface area (Å²) in [6.45, 7) is 1.67. The van der Waals surface area contributed by atoms with Crippen LogP contribution in [0.1, 0.15) is 16.1 Å². The van der Waals surface area contributed by atoms with Gasteiger partial charge in [0.1, 0.15) is 5.69 Å². The Morgan fingerprint density at radius 2 is 2.06 bits per heavy atom. The van der Waals surface area contributed by atoms with Crippen molar-refractivity contribution in [2.75, 3.05) is 5.73 Å². The second-order valence-electron chi connectivity index (χ2n) is 3.21. The highest BCUT2D eigenvalue weighted by atomic mass is 16.4. The van der Waals surface area contributed by atoms with E-state index in [2.05, 4.69) is 15.1 Å². The van der Waals surface area contributed by atoms with Crippen LogP contribution in [0.25, 0.3) is 5.69 Å². The van der Waals surface area contributed by atoms with Crippen molar-refractivity contribution in [1.29, 1.82) is 0 Å². The average Bonchev–Trinajstić information content (AvgIpc) is 2.61. The lowest BCUT2D eigenvalue weighted by molar-refractivity contribution is 0.0689. The molecule has 16 heavy (non-hydrogen) atoms. The van der Waals surface area contributed by atoms with E-state index in [0.29, 0.717) is 11.3 Å². The highest BCUT2D eigenvalue weighted by molar-refractivity contribution is 5.86. The molecule has 0 bridgehead atoms. The zero-order valence-electron chi connectivity index (χ0n) is 8.45. The van der Waals surface area contributed by atoms with Crippen molar-refractivity contribution in [3.8, 4) is 5.69 Å². The molecule has 0 aliphatic rings. The van der Waals surface area contributed by atoms with Crippen LogP contribution < -0.4 is 5.73 Å². The van der Waals surface area contributed by atoms with E-state index in [-0.39, 0.29) is 11.6 Å². The van der Waals surface area contributed by atoms with E-state index in [0.717, 1.165) is 0 Å². The van der Waals surface area contributed by atoms with Crippen LogP contribution in [0.3, 0.4) is 0 Å². The Bertz CT molecular complexity index is 531. The van der Waals surface area contributed by atoms with Gasteiger partial charge in [-0.2, -0.15) is 5.10 Å². The van der Waals surface area contributed by atoms with Gasteiger partial charge in [0.15, 0.2) is 5.69 Å². The van der Waals surface area contributed by atoms with Crippen LogP contribution in [0, 0.1) is 6.92 Å². The molecular weight excluding hydrogens is 210 g/mol. The van der Waals surface area contributed by atoms with E-state index >= 15 is 0 Å². The Morgan fingerprint density at radius 1 is 1.44 bits per heavy atom. The molecule has 0 spiro atoms. The summed E-state index contributed by atoms with van der Waals surface area (Å²) in [7, 11) is 0. The molecule has 0 saturated heterocycles. The van der Waals surface area contributed by atoms with Crippen molar-refractivity contribution in [1.82, 2.24) is 19.7 Å². The van der Waals surface area contributed by atoms with Gasteiger partial charge in [0.2, 0.25) is 5.95 Å². The zero-order valence-corrected chi connectivity index (χ0v) is 8.45. The molecule has 2 aromatic heterocycles. The number of hydrogen-bond donors (Lipinski definition) is 2. The molecule has 0 unspecified atom stereocenters. The number of nitrogens with zero attached hydrogens (tertiary/aromatic N) is 4. The summed E-state index contributed by atoms with van der Waals surface area (Å²) in [5.41, 5.74) is 6.49. The third kappa shape index (κ3) is 1.70. The largest absolute Gasteiger partial charge is 0.476 e. The summed E-state index contributed by atoms with van der Waals surface area (Å²) in [4.78, 5) is 18.4. The lowest BCUT2D eigenvalue weighted by atomic mass is 10.3. The minimum atomic E-state index is -1.06. The first-order valence-corrected chi connectivity index (χ1v) is 4.45. The number of nitrogens with two attached hydrogens (primary N) is 1. The van der Waals surface area contributed by atoms with Crippen molar-refractivity contribution < 1.29 is 9.90 Å². The SMILES string of the molecule is Cc1cn(-c2cnc(N)nc2)nc1C(=O)O. The number of aryl methyl sites for hydroxylation is 1. The van der Waals surface area contributed by atoms with E-state index in [1.807, 2.05) is 0 Å². The van der Waals surface area contributed by atoms with E-state index in [4.69, 9.17) is 10.8 Å². The maximum Gasteiger partial charge on any atom is 0.356 e. The molecule has 0 atom stereocenters. The zero-order chi connectivity index (χ0) is 11.7. The van der Waals surface area contributed by atoms with Gasteiger partial charge in [-0.1, -0.05) is 0 Å². The van der Waals surface area contributed by atoms with Crippen LogP contribution in [0.15, 0.2) is 18.6 Å². The minimum Gasteiger partial charge on any atom is -0.476 e. The molecule has 2 heterocycles. The van der Waals surface area contributed by atoms with Gasteiger partial charge >= 0.3 is 5.97 Å². The Hall–Kier alpha value is -2.44. The third-order valence-electron chi connectivity index (χ3n) is 2.02. The van der Waals surface area contributed by atoms with Gasteiger partial charge in [-0.25, -0.2) is 19.4 Å². The lowest BCUT2D eigenvalue weighted by Gasteiger charge is -1.98. The fourth-order valence-corrected chi connectivity index (χ4v) is 1.25. The van der Waals surface area contributed by atoms with Crippen molar-refractivity contribution in [3.63, 3.8) is 0 Å². The Labute approximate surface area is 90.6 Å². The van der Waals surface area contributed by atoms with E-state index in [1.165, 1.54) is 17.1 Å². The van der Waals surface area contributed by atoms with Gasteiger partial charge in [-0.15, -0.1) is 0 Å². The molecule has 0 aliphatic heterocycles. The number of carbonyl (C=O) groups is 1. The second kappa shape index (κ2) is 3.61. The van der Waals surface area contributed by atoms with Gasteiger partial charge in [0.25, 0.3) is 0 Å². The lowest BCUT2D eigenvalue weighted by Crippen LogP contribution is -2.03. The number of rotatable bonds is 2. The number of aromatic carboxylic acids is 1.